The molecule has 0 aromatic carbocycles. The summed E-state index contributed by atoms with van der Waals surface area (Å²) in [5.74, 6) is 1.19. The molecule has 0 radical (unpaired) electrons. The highest BCUT2D eigenvalue weighted by Crippen LogP contribution is 2.69. The topological polar surface area (TPSA) is 76.0 Å². The number of rotatable bonds is 6. The van der Waals surface area contributed by atoms with Crippen molar-refractivity contribution in [3.8, 4) is 0 Å². The van der Waals surface area contributed by atoms with Crippen molar-refractivity contribution < 1.29 is 23.8 Å². The SMILES string of the molecule is CC[C@@H]1[C@@H]2[C@@H](F)[C@H](OC(C)=O)CC[C@]2(C)C2CC[C@@]3(C)C(CCC3[C@H](C)CCN=C=O)C2[C@@H]1O. The van der Waals surface area contributed by atoms with Crippen LogP contribution in [0.15, 0.2) is 4.99 Å². The summed E-state index contributed by atoms with van der Waals surface area (Å²) in [6.45, 7) is 11.0. The molecule has 6 heteroatoms. The van der Waals surface area contributed by atoms with E-state index in [4.69, 9.17) is 4.74 Å². The van der Waals surface area contributed by atoms with Gasteiger partial charge in [0, 0.05) is 12.8 Å². The van der Waals surface area contributed by atoms with Gasteiger partial charge in [-0.2, -0.15) is 0 Å². The molecule has 4 saturated carbocycles. The van der Waals surface area contributed by atoms with Gasteiger partial charge in [0.25, 0.3) is 0 Å². The molecule has 34 heavy (non-hydrogen) atoms. The lowest BCUT2D eigenvalue weighted by Crippen LogP contribution is -2.65. The Kier molecular flexibility index (Phi) is 7.33. The van der Waals surface area contributed by atoms with Gasteiger partial charge in [0.2, 0.25) is 6.08 Å². The molecule has 5 nitrogen and oxygen atoms in total. The molecule has 0 bridgehead atoms. The summed E-state index contributed by atoms with van der Waals surface area (Å²) in [5.41, 5.74) is -0.0116. The van der Waals surface area contributed by atoms with Crippen LogP contribution in [0.1, 0.15) is 86.0 Å². The van der Waals surface area contributed by atoms with E-state index in [1.54, 1.807) is 6.08 Å². The smallest absolute Gasteiger partial charge is 0.303 e. The number of alkyl halides is 1. The first kappa shape index (κ1) is 25.8. The molecule has 4 rings (SSSR count). The number of halogens is 1. The highest BCUT2D eigenvalue weighted by atomic mass is 19.1. The Labute approximate surface area is 204 Å². The van der Waals surface area contributed by atoms with Crippen LogP contribution >= 0.6 is 0 Å². The number of carbonyl (C=O) groups excluding carboxylic acids is 2. The number of aliphatic hydroxyl groups is 1. The van der Waals surface area contributed by atoms with Gasteiger partial charge in [-0.05, 0) is 91.3 Å². The lowest BCUT2D eigenvalue weighted by Gasteiger charge is -2.65. The van der Waals surface area contributed by atoms with Gasteiger partial charge in [0.1, 0.15) is 12.3 Å². The minimum absolute atomic E-state index is 0.111. The third-order valence-electron chi connectivity index (χ3n) is 11.2. The largest absolute Gasteiger partial charge is 0.459 e. The first-order valence-corrected chi connectivity index (χ1v) is 13.6. The molecule has 0 aromatic rings. The lowest BCUT2D eigenvalue weighted by molar-refractivity contribution is -0.226. The van der Waals surface area contributed by atoms with E-state index in [0.29, 0.717) is 36.6 Å². The van der Waals surface area contributed by atoms with Crippen molar-refractivity contribution in [2.75, 3.05) is 6.54 Å². The van der Waals surface area contributed by atoms with E-state index in [-0.39, 0.29) is 28.6 Å². The lowest BCUT2D eigenvalue weighted by atomic mass is 9.41. The van der Waals surface area contributed by atoms with Crippen LogP contribution in [0, 0.1) is 52.3 Å². The van der Waals surface area contributed by atoms with Gasteiger partial charge in [0.05, 0.1) is 12.6 Å². The number of fused-ring (bicyclic) bond motifs is 5. The van der Waals surface area contributed by atoms with E-state index in [2.05, 4.69) is 32.7 Å². The van der Waals surface area contributed by atoms with Crippen LogP contribution in [-0.4, -0.2) is 42.1 Å². The maximum atomic E-state index is 16.0. The van der Waals surface area contributed by atoms with Crippen LogP contribution in [0.2, 0.25) is 0 Å². The Morgan fingerprint density at radius 2 is 1.85 bits per heavy atom. The molecular weight excluding hydrogens is 433 g/mol. The van der Waals surface area contributed by atoms with E-state index in [9.17, 15) is 14.7 Å². The van der Waals surface area contributed by atoms with Gasteiger partial charge in [-0.3, -0.25) is 4.79 Å². The van der Waals surface area contributed by atoms with Crippen molar-refractivity contribution in [3.63, 3.8) is 0 Å². The molecule has 4 fully saturated rings. The Hall–Kier alpha value is -1.26. The van der Waals surface area contributed by atoms with E-state index < -0.39 is 24.3 Å². The van der Waals surface area contributed by atoms with Crippen LogP contribution in [0.3, 0.4) is 0 Å². The van der Waals surface area contributed by atoms with Crippen LogP contribution in [-0.2, 0) is 14.3 Å². The Bertz CT molecular complexity index is 814. The molecule has 12 atom stereocenters. The van der Waals surface area contributed by atoms with Gasteiger partial charge in [-0.25, -0.2) is 14.2 Å². The minimum atomic E-state index is -1.22. The molecule has 0 heterocycles. The highest BCUT2D eigenvalue weighted by Gasteiger charge is 2.67. The summed E-state index contributed by atoms with van der Waals surface area (Å²) in [4.78, 5) is 25.9. The molecule has 0 spiro atoms. The quantitative estimate of drug-likeness (QED) is 0.312. The predicted molar refractivity (Wildman–Crippen MR) is 128 cm³/mol. The molecule has 4 aliphatic carbocycles. The maximum absolute atomic E-state index is 16.0. The average Bonchev–Trinajstić information content (AvgIpc) is 3.14. The zero-order valence-electron chi connectivity index (χ0n) is 21.6. The second kappa shape index (κ2) is 9.65. The summed E-state index contributed by atoms with van der Waals surface area (Å²) in [6.07, 6.45) is 6.73. The van der Waals surface area contributed by atoms with Gasteiger partial charge in [0.15, 0.2) is 0 Å². The van der Waals surface area contributed by atoms with Crippen molar-refractivity contribution in [3.05, 3.63) is 0 Å². The number of esters is 1. The maximum Gasteiger partial charge on any atom is 0.303 e. The summed E-state index contributed by atoms with van der Waals surface area (Å²) in [5, 5.41) is 11.8. The molecule has 4 aliphatic rings. The van der Waals surface area contributed by atoms with Gasteiger partial charge >= 0.3 is 5.97 Å². The zero-order chi connectivity index (χ0) is 24.8. The Balaban J connectivity index is 1.62. The van der Waals surface area contributed by atoms with Crippen LogP contribution in [0.25, 0.3) is 0 Å². The van der Waals surface area contributed by atoms with Crippen molar-refractivity contribution >= 4 is 12.0 Å². The zero-order valence-corrected chi connectivity index (χ0v) is 21.6. The molecule has 0 aliphatic heterocycles. The van der Waals surface area contributed by atoms with E-state index >= 15 is 4.39 Å². The fraction of sp³-hybridized carbons (Fsp3) is 0.929. The number of ether oxygens (including phenoxy) is 1. The number of aliphatic hydroxyl groups excluding tert-OH is 1. The van der Waals surface area contributed by atoms with Crippen LogP contribution in [0.5, 0.6) is 0 Å². The second-order valence-corrected chi connectivity index (χ2v) is 12.5. The first-order chi connectivity index (χ1) is 16.1. The molecule has 1 N–H and O–H groups in total. The Morgan fingerprint density at radius 1 is 1.18 bits per heavy atom. The third-order valence-corrected chi connectivity index (χ3v) is 11.2. The highest BCUT2D eigenvalue weighted by molar-refractivity contribution is 5.66. The Morgan fingerprint density at radius 3 is 2.50 bits per heavy atom. The normalized spacial score (nSPS) is 48.6. The minimum Gasteiger partial charge on any atom is -0.459 e. The fourth-order valence-electron chi connectivity index (χ4n) is 9.79. The number of hydrogen-bond donors (Lipinski definition) is 1. The number of carbonyl (C=O) groups is 1. The fourth-order valence-corrected chi connectivity index (χ4v) is 9.79. The van der Waals surface area contributed by atoms with Gasteiger partial charge in [-0.1, -0.05) is 34.1 Å². The first-order valence-electron chi connectivity index (χ1n) is 13.6. The molecule has 0 amide bonds. The summed E-state index contributed by atoms with van der Waals surface area (Å²) in [6, 6.07) is 0. The van der Waals surface area contributed by atoms with Crippen molar-refractivity contribution in [2.24, 2.45) is 57.2 Å². The van der Waals surface area contributed by atoms with Crippen molar-refractivity contribution in [2.45, 2.75) is 104 Å². The molecule has 192 valence electrons. The molecule has 0 saturated heterocycles. The van der Waals surface area contributed by atoms with E-state index in [1.807, 2.05) is 0 Å². The second-order valence-electron chi connectivity index (χ2n) is 12.5. The number of aliphatic imine (C=N–C) groups is 1. The summed E-state index contributed by atoms with van der Waals surface area (Å²) < 4.78 is 21.4. The molecule has 4 unspecified atom stereocenters. The number of hydrogen-bond acceptors (Lipinski definition) is 5. The predicted octanol–water partition coefficient (Wildman–Crippen LogP) is 5.49. The standard InChI is InChI=1S/C28H44FNO4/c1-6-18-24-25(29)22(34-17(3)32)10-13-28(24,5)21-9-12-27(4)19(16(2)11-14-30-15-31)7-8-20(27)23(21)26(18)33/h16,18-26,33H,6-14H2,1-5H3/t16-,18-,19?,20?,21?,22-,23?,24-,25+,26-,27-,28-/m1/s1. The van der Waals surface area contributed by atoms with E-state index in [1.165, 1.54) is 6.92 Å². The van der Waals surface area contributed by atoms with Gasteiger partial charge < -0.3 is 9.84 Å². The van der Waals surface area contributed by atoms with Gasteiger partial charge in [-0.15, -0.1) is 0 Å². The average molecular weight is 478 g/mol. The monoisotopic (exact) mass is 477 g/mol. The third kappa shape index (κ3) is 3.97. The number of nitrogens with zero attached hydrogens (tertiary/aromatic N) is 1. The molecular formula is C28H44FNO4. The molecule has 0 aromatic heterocycles. The van der Waals surface area contributed by atoms with Crippen LogP contribution in [0.4, 0.5) is 4.39 Å². The summed E-state index contributed by atoms with van der Waals surface area (Å²) >= 11 is 0. The van der Waals surface area contributed by atoms with Crippen molar-refractivity contribution in [1.82, 2.24) is 0 Å². The van der Waals surface area contributed by atoms with Crippen molar-refractivity contribution in [1.29, 1.82) is 0 Å². The number of isocyanates is 1. The van der Waals surface area contributed by atoms with E-state index in [0.717, 1.165) is 44.9 Å². The summed E-state index contributed by atoms with van der Waals surface area (Å²) in [7, 11) is 0. The van der Waals surface area contributed by atoms with Crippen LogP contribution < -0.4 is 0 Å².